The fourth-order valence-electron chi connectivity index (χ4n) is 4.28. The van der Waals surface area contributed by atoms with Gasteiger partial charge in [-0.1, -0.05) is 62.7 Å². The Morgan fingerprint density at radius 2 is 1.54 bits per heavy atom. The third kappa shape index (κ3) is 6.06. The normalized spacial score (nSPS) is 11.8. The van der Waals surface area contributed by atoms with Crippen LogP contribution in [0, 0.1) is 20.4 Å². The van der Waals surface area contributed by atoms with E-state index in [0.29, 0.717) is 17.1 Å². The molecule has 0 amide bonds. The SMILES string of the molecule is [C-]#[N+]c1c(C(F)(F)F)cc(-c2ccc(Oc3ccc(C(C)(C)C)cc3C)cc2)n(Cc2ccc(C)cc2)c1=O. The Bertz CT molecular complexity index is 1600. The van der Waals surface area contributed by atoms with E-state index >= 15 is 0 Å². The van der Waals surface area contributed by atoms with Crippen LogP contribution in [0.5, 0.6) is 11.5 Å². The van der Waals surface area contributed by atoms with Crippen LogP contribution in [0.15, 0.2) is 77.6 Å². The van der Waals surface area contributed by atoms with Crippen molar-refractivity contribution in [1.29, 1.82) is 0 Å². The number of hydrogen-bond acceptors (Lipinski definition) is 2. The van der Waals surface area contributed by atoms with Gasteiger partial charge in [-0.15, -0.1) is 0 Å². The number of hydrogen-bond donors (Lipinski definition) is 0. The summed E-state index contributed by atoms with van der Waals surface area (Å²) in [4.78, 5) is 16.2. The molecule has 0 atom stereocenters. The third-order valence-electron chi connectivity index (χ3n) is 6.57. The minimum absolute atomic E-state index is 0.00261. The number of nitrogens with zero attached hydrogens (tertiary/aromatic N) is 2. The Labute approximate surface area is 226 Å². The van der Waals surface area contributed by atoms with Gasteiger partial charge >= 0.3 is 6.18 Å². The summed E-state index contributed by atoms with van der Waals surface area (Å²) in [5.41, 5.74) is 1.18. The van der Waals surface area contributed by atoms with Crippen molar-refractivity contribution >= 4 is 5.69 Å². The van der Waals surface area contributed by atoms with E-state index in [1.54, 1.807) is 24.3 Å². The van der Waals surface area contributed by atoms with E-state index in [9.17, 15) is 18.0 Å². The molecule has 7 heteroatoms. The molecular weight excluding hydrogens is 501 g/mol. The Balaban J connectivity index is 1.76. The first kappa shape index (κ1) is 27.7. The maximum absolute atomic E-state index is 13.8. The molecule has 0 fully saturated rings. The molecule has 0 spiro atoms. The molecule has 3 aromatic carbocycles. The number of halogens is 3. The summed E-state index contributed by atoms with van der Waals surface area (Å²) in [6.07, 6.45) is -4.85. The number of ether oxygens (including phenoxy) is 1. The quantitative estimate of drug-likeness (QED) is 0.242. The number of aryl methyl sites for hydroxylation is 2. The number of aromatic nitrogens is 1. The second-order valence-electron chi connectivity index (χ2n) is 10.6. The molecule has 0 saturated heterocycles. The molecule has 39 heavy (non-hydrogen) atoms. The maximum Gasteiger partial charge on any atom is 0.407 e. The fourth-order valence-corrected chi connectivity index (χ4v) is 4.28. The highest BCUT2D eigenvalue weighted by Crippen LogP contribution is 2.38. The Morgan fingerprint density at radius 1 is 0.897 bits per heavy atom. The first-order valence-electron chi connectivity index (χ1n) is 12.5. The summed E-state index contributed by atoms with van der Waals surface area (Å²) in [5.74, 6) is 1.18. The highest BCUT2D eigenvalue weighted by Gasteiger charge is 2.36. The van der Waals surface area contributed by atoms with Gasteiger partial charge in [0, 0.05) is 12.2 Å². The van der Waals surface area contributed by atoms with Crippen LogP contribution >= 0.6 is 0 Å². The standard InChI is InChI=1S/C32H29F3N2O2/c1-20-7-9-22(10-8-20)19-37-27(18-26(32(33,34)35)29(36-6)30(37)38)23-11-14-25(15-12-23)39-28-16-13-24(17-21(28)2)31(3,4)5/h7-18H,19H2,1-5H3. The summed E-state index contributed by atoms with van der Waals surface area (Å²) < 4.78 is 48.8. The summed E-state index contributed by atoms with van der Waals surface area (Å²) in [6.45, 7) is 17.6. The van der Waals surface area contributed by atoms with Gasteiger partial charge in [0.15, 0.2) is 0 Å². The molecule has 0 N–H and O–H groups in total. The van der Waals surface area contributed by atoms with Crippen LogP contribution < -0.4 is 10.3 Å². The molecular formula is C32H29F3N2O2. The average Bonchev–Trinajstić information content (AvgIpc) is 2.86. The van der Waals surface area contributed by atoms with Crippen LogP contribution in [0.2, 0.25) is 0 Å². The average molecular weight is 531 g/mol. The van der Waals surface area contributed by atoms with Gasteiger partial charge in [0.05, 0.1) is 12.1 Å². The predicted octanol–water partition coefficient (Wildman–Crippen LogP) is 8.84. The summed E-state index contributed by atoms with van der Waals surface area (Å²) in [6, 6.07) is 20.8. The fraction of sp³-hybridized carbons (Fsp3) is 0.250. The minimum atomic E-state index is -4.85. The molecule has 0 aliphatic heterocycles. The van der Waals surface area contributed by atoms with Gasteiger partial charge in [-0.05, 0) is 77.9 Å². The van der Waals surface area contributed by atoms with Crippen molar-refractivity contribution in [3.05, 3.63) is 122 Å². The smallest absolute Gasteiger partial charge is 0.407 e. The van der Waals surface area contributed by atoms with Gasteiger partial charge < -0.3 is 9.30 Å². The van der Waals surface area contributed by atoms with Gasteiger partial charge in [-0.25, -0.2) is 4.85 Å². The molecule has 4 rings (SSSR count). The molecule has 4 aromatic rings. The molecule has 0 bridgehead atoms. The topological polar surface area (TPSA) is 35.6 Å². The molecule has 0 radical (unpaired) electrons. The molecule has 0 saturated carbocycles. The summed E-state index contributed by atoms with van der Waals surface area (Å²) in [5, 5.41) is 0. The number of rotatable bonds is 5. The van der Waals surface area contributed by atoms with Crippen molar-refractivity contribution in [3.63, 3.8) is 0 Å². The van der Waals surface area contributed by atoms with Gasteiger partial charge in [0.2, 0.25) is 0 Å². The van der Waals surface area contributed by atoms with Crippen LogP contribution in [0.4, 0.5) is 18.9 Å². The van der Waals surface area contributed by atoms with Crippen LogP contribution in [0.1, 0.15) is 48.6 Å². The zero-order chi connectivity index (χ0) is 28.5. The first-order chi connectivity index (χ1) is 18.3. The van der Waals surface area contributed by atoms with Gasteiger partial charge in [-0.2, -0.15) is 13.2 Å². The Morgan fingerprint density at radius 3 is 2.08 bits per heavy atom. The van der Waals surface area contributed by atoms with Crippen LogP contribution in [0.25, 0.3) is 16.1 Å². The largest absolute Gasteiger partial charge is 0.457 e. The predicted molar refractivity (Wildman–Crippen MR) is 148 cm³/mol. The molecule has 4 nitrogen and oxygen atoms in total. The van der Waals surface area contributed by atoms with Gasteiger partial charge in [-0.3, -0.25) is 4.79 Å². The zero-order valence-electron chi connectivity index (χ0n) is 22.5. The summed E-state index contributed by atoms with van der Waals surface area (Å²) >= 11 is 0. The van der Waals surface area contributed by atoms with Gasteiger partial charge in [0.1, 0.15) is 11.5 Å². The Kier molecular flexibility index (Phi) is 7.43. The van der Waals surface area contributed by atoms with Crippen molar-refractivity contribution in [1.82, 2.24) is 4.57 Å². The van der Waals surface area contributed by atoms with Crippen LogP contribution in [-0.4, -0.2) is 4.57 Å². The number of benzene rings is 3. The van der Waals surface area contributed by atoms with E-state index in [2.05, 4.69) is 31.7 Å². The van der Waals surface area contributed by atoms with Gasteiger partial charge in [0.25, 0.3) is 11.2 Å². The van der Waals surface area contributed by atoms with E-state index in [0.717, 1.165) is 22.8 Å². The van der Waals surface area contributed by atoms with Crippen molar-refractivity contribution in [3.8, 4) is 22.8 Å². The highest BCUT2D eigenvalue weighted by atomic mass is 19.4. The van der Waals surface area contributed by atoms with E-state index in [-0.39, 0.29) is 17.7 Å². The summed E-state index contributed by atoms with van der Waals surface area (Å²) in [7, 11) is 0. The third-order valence-corrected chi connectivity index (χ3v) is 6.57. The van der Waals surface area contributed by atoms with E-state index < -0.39 is 23.0 Å². The molecule has 1 aromatic heterocycles. The van der Waals surface area contributed by atoms with Crippen molar-refractivity contribution in [2.45, 2.75) is 52.8 Å². The second-order valence-corrected chi connectivity index (χ2v) is 10.6. The lowest BCUT2D eigenvalue weighted by atomic mass is 9.86. The van der Waals surface area contributed by atoms with E-state index in [1.807, 2.05) is 50.2 Å². The van der Waals surface area contributed by atoms with E-state index in [4.69, 9.17) is 11.3 Å². The van der Waals surface area contributed by atoms with E-state index in [1.165, 1.54) is 10.1 Å². The molecule has 200 valence electrons. The van der Waals surface area contributed by atoms with Crippen LogP contribution in [0.3, 0.4) is 0 Å². The number of alkyl halides is 3. The second kappa shape index (κ2) is 10.5. The molecule has 1 heterocycles. The minimum Gasteiger partial charge on any atom is -0.457 e. The van der Waals surface area contributed by atoms with Crippen LogP contribution in [-0.2, 0) is 18.1 Å². The molecule has 0 aliphatic rings. The lowest BCUT2D eigenvalue weighted by Crippen LogP contribution is -2.25. The monoisotopic (exact) mass is 530 g/mol. The van der Waals surface area contributed by atoms with Crippen molar-refractivity contribution in [2.24, 2.45) is 0 Å². The maximum atomic E-state index is 13.8. The zero-order valence-corrected chi connectivity index (χ0v) is 22.5. The first-order valence-corrected chi connectivity index (χ1v) is 12.5. The lowest BCUT2D eigenvalue weighted by molar-refractivity contribution is -0.136. The number of pyridine rings is 1. The molecule has 0 unspecified atom stereocenters. The molecule has 0 aliphatic carbocycles. The highest BCUT2D eigenvalue weighted by molar-refractivity contribution is 5.67. The van der Waals surface area contributed by atoms with Crippen molar-refractivity contribution < 1.29 is 17.9 Å². The van der Waals surface area contributed by atoms with Crippen molar-refractivity contribution in [2.75, 3.05) is 0 Å². The lowest BCUT2D eigenvalue weighted by Gasteiger charge is -2.21. The Hall–Kier alpha value is -4.31.